The van der Waals surface area contributed by atoms with E-state index in [1.165, 1.54) is 6.07 Å². The molecule has 0 saturated carbocycles. The number of benzene rings is 3. The summed E-state index contributed by atoms with van der Waals surface area (Å²) in [6, 6.07) is 19.0. The van der Waals surface area contributed by atoms with Crippen molar-refractivity contribution < 1.29 is 23.9 Å². The molecule has 0 radical (unpaired) electrons. The number of halogens is 1. The molecule has 0 unspecified atom stereocenters. The van der Waals surface area contributed by atoms with Gasteiger partial charge in [0.15, 0.2) is 5.69 Å². The number of nitrogens with zero attached hydrogens (tertiary/aromatic N) is 4. The number of H-pyrrole nitrogens is 1. The van der Waals surface area contributed by atoms with Crippen molar-refractivity contribution in [3.05, 3.63) is 112 Å². The minimum atomic E-state index is -0.458. The van der Waals surface area contributed by atoms with E-state index >= 15 is 0 Å². The van der Waals surface area contributed by atoms with E-state index in [2.05, 4.69) is 24.1 Å². The van der Waals surface area contributed by atoms with Crippen LogP contribution in [0.25, 0.3) is 16.6 Å². The maximum absolute atomic E-state index is 14.6. The summed E-state index contributed by atoms with van der Waals surface area (Å²) in [7, 11) is 0. The third kappa shape index (κ3) is 7.50. The highest BCUT2D eigenvalue weighted by Gasteiger charge is 2.32. The van der Waals surface area contributed by atoms with Crippen molar-refractivity contribution in [1.29, 1.82) is 0 Å². The molecule has 2 aromatic heterocycles. The van der Waals surface area contributed by atoms with Crippen molar-refractivity contribution in [2.45, 2.75) is 78.8 Å². The number of aromatic amines is 1. The summed E-state index contributed by atoms with van der Waals surface area (Å²) in [5.41, 5.74) is 5.90. The number of aliphatic hydroxyl groups is 1. The van der Waals surface area contributed by atoms with E-state index in [4.69, 9.17) is 5.10 Å². The quantitative estimate of drug-likeness (QED) is 0.123. The standard InChI is InChI=1S/C41H47FN6O4/c1-5-7-18-46(19-8-6-2)41(52)36-20-26(3)48(45-36)37-17-16-30(44-38(50)23-33-27(4)43-39-32(33)14-11-15-35(39)42)22-34(37)40(51)47-24-29-13-10-9-12-28(29)21-31(47)25-49/h9-17,20,22,31,43,49H,5-8,18-19,21,23-25H2,1-4H3,(H,44,50)/t31-/m0/s1. The highest BCUT2D eigenvalue weighted by molar-refractivity contribution is 6.02. The molecule has 10 nitrogen and oxygen atoms in total. The number of aliphatic hydroxyl groups excluding tert-OH is 1. The largest absolute Gasteiger partial charge is 0.394 e. The van der Waals surface area contributed by atoms with Crippen LogP contribution in [0.5, 0.6) is 0 Å². The highest BCUT2D eigenvalue weighted by Crippen LogP contribution is 2.30. The van der Waals surface area contributed by atoms with Crippen LogP contribution < -0.4 is 5.32 Å². The fourth-order valence-electron chi connectivity index (χ4n) is 7.07. The molecule has 1 aliphatic rings. The SMILES string of the molecule is CCCCN(CCCC)C(=O)c1cc(C)n(-c2ccc(NC(=O)Cc3c(C)[nH]c4c(F)cccc34)cc2C(=O)N2Cc3ccccc3C[C@H]2CO)n1. The van der Waals surface area contributed by atoms with Gasteiger partial charge in [-0.3, -0.25) is 14.4 Å². The van der Waals surface area contributed by atoms with E-state index < -0.39 is 6.04 Å². The van der Waals surface area contributed by atoms with E-state index in [-0.39, 0.29) is 42.1 Å². The van der Waals surface area contributed by atoms with Crippen LogP contribution in [0.15, 0.2) is 66.7 Å². The number of hydrogen-bond acceptors (Lipinski definition) is 5. The molecule has 5 aromatic rings. The topological polar surface area (TPSA) is 124 Å². The second-order valence-electron chi connectivity index (χ2n) is 13.7. The summed E-state index contributed by atoms with van der Waals surface area (Å²) >= 11 is 0. The van der Waals surface area contributed by atoms with Crippen LogP contribution in [-0.4, -0.2) is 73.1 Å². The molecule has 52 heavy (non-hydrogen) atoms. The Morgan fingerprint density at radius 1 is 0.981 bits per heavy atom. The Bertz CT molecular complexity index is 2090. The van der Waals surface area contributed by atoms with Crippen molar-refractivity contribution >= 4 is 34.3 Å². The van der Waals surface area contributed by atoms with Gasteiger partial charge in [0, 0.05) is 42.1 Å². The van der Waals surface area contributed by atoms with Gasteiger partial charge in [-0.15, -0.1) is 0 Å². The number of unbranched alkanes of at least 4 members (excludes halogenated alkanes) is 2. The predicted octanol–water partition coefficient (Wildman–Crippen LogP) is 6.89. The Balaban J connectivity index is 1.36. The lowest BCUT2D eigenvalue weighted by molar-refractivity contribution is -0.115. The summed E-state index contributed by atoms with van der Waals surface area (Å²) in [6.45, 7) is 9.21. The molecule has 3 heterocycles. The van der Waals surface area contributed by atoms with E-state index in [9.17, 15) is 23.9 Å². The molecule has 1 atom stereocenters. The molecule has 6 rings (SSSR count). The fraction of sp³-hybridized carbons (Fsp3) is 0.366. The minimum absolute atomic E-state index is 0.00783. The second kappa shape index (κ2) is 15.9. The van der Waals surface area contributed by atoms with E-state index in [1.54, 1.807) is 52.9 Å². The number of carbonyl (C=O) groups is 3. The maximum atomic E-state index is 14.6. The molecule has 0 fully saturated rings. The molecule has 3 aromatic carbocycles. The number of rotatable bonds is 13. The molecule has 3 N–H and O–H groups in total. The predicted molar refractivity (Wildman–Crippen MR) is 200 cm³/mol. The van der Waals surface area contributed by atoms with E-state index in [0.29, 0.717) is 71.0 Å². The number of carbonyl (C=O) groups excluding carboxylic acids is 3. The van der Waals surface area contributed by atoms with Gasteiger partial charge in [0.2, 0.25) is 5.91 Å². The molecule has 0 saturated heterocycles. The Kier molecular flexibility index (Phi) is 11.2. The Hall–Kier alpha value is -5.29. The lowest BCUT2D eigenvalue weighted by Crippen LogP contribution is -2.46. The number of hydrogen-bond donors (Lipinski definition) is 3. The summed E-state index contributed by atoms with van der Waals surface area (Å²) in [4.78, 5) is 48.4. The number of anilines is 1. The summed E-state index contributed by atoms with van der Waals surface area (Å²) in [5, 5.41) is 18.8. The highest BCUT2D eigenvalue weighted by atomic mass is 19.1. The van der Waals surface area contributed by atoms with Gasteiger partial charge < -0.3 is 25.2 Å². The van der Waals surface area contributed by atoms with E-state index in [0.717, 1.165) is 36.8 Å². The number of amides is 3. The average molecular weight is 707 g/mol. The Morgan fingerprint density at radius 2 is 1.71 bits per heavy atom. The molecule has 0 aliphatic carbocycles. The van der Waals surface area contributed by atoms with Crippen LogP contribution >= 0.6 is 0 Å². The van der Waals surface area contributed by atoms with Crippen LogP contribution in [0.3, 0.4) is 0 Å². The average Bonchev–Trinajstić information content (AvgIpc) is 3.69. The first-order chi connectivity index (χ1) is 25.1. The zero-order chi connectivity index (χ0) is 36.9. The molecule has 11 heteroatoms. The molecule has 0 spiro atoms. The van der Waals surface area contributed by atoms with Gasteiger partial charge in [0.1, 0.15) is 5.82 Å². The van der Waals surface area contributed by atoms with Crippen LogP contribution in [0, 0.1) is 19.7 Å². The van der Waals surface area contributed by atoms with Gasteiger partial charge in [-0.2, -0.15) is 5.10 Å². The van der Waals surface area contributed by atoms with Crippen LogP contribution in [-0.2, 0) is 24.2 Å². The normalized spacial score (nSPS) is 14.0. The first kappa shape index (κ1) is 36.5. The first-order valence-corrected chi connectivity index (χ1v) is 18.2. The van der Waals surface area contributed by atoms with Gasteiger partial charge in [0.05, 0.1) is 35.8 Å². The minimum Gasteiger partial charge on any atom is -0.394 e. The summed E-state index contributed by atoms with van der Waals surface area (Å²) in [6.07, 6.45) is 4.21. The lowest BCUT2D eigenvalue weighted by atomic mass is 9.93. The molecular weight excluding hydrogens is 659 g/mol. The molecular formula is C41H47FN6O4. The zero-order valence-corrected chi connectivity index (χ0v) is 30.3. The molecule has 3 amide bonds. The van der Waals surface area contributed by atoms with E-state index in [1.807, 2.05) is 36.1 Å². The van der Waals surface area contributed by atoms with Crippen molar-refractivity contribution in [2.24, 2.45) is 0 Å². The van der Waals surface area contributed by atoms with Gasteiger partial charge >= 0.3 is 0 Å². The van der Waals surface area contributed by atoms with Crippen LogP contribution in [0.2, 0.25) is 0 Å². The number of aryl methyl sites for hydroxylation is 2. The van der Waals surface area contributed by atoms with Crippen LogP contribution in [0.1, 0.15) is 88.5 Å². The van der Waals surface area contributed by atoms with Crippen molar-refractivity contribution in [1.82, 2.24) is 24.6 Å². The van der Waals surface area contributed by atoms with Gasteiger partial charge in [-0.05, 0) is 80.1 Å². The van der Waals surface area contributed by atoms with Gasteiger partial charge in [0.25, 0.3) is 11.8 Å². The maximum Gasteiger partial charge on any atom is 0.274 e. The summed E-state index contributed by atoms with van der Waals surface area (Å²) < 4.78 is 16.1. The number of nitrogens with one attached hydrogen (secondary N) is 2. The monoisotopic (exact) mass is 706 g/mol. The third-order valence-electron chi connectivity index (χ3n) is 9.96. The first-order valence-electron chi connectivity index (χ1n) is 18.2. The smallest absolute Gasteiger partial charge is 0.274 e. The van der Waals surface area contributed by atoms with Crippen molar-refractivity contribution in [3.63, 3.8) is 0 Å². The fourth-order valence-corrected chi connectivity index (χ4v) is 7.07. The summed E-state index contributed by atoms with van der Waals surface area (Å²) in [5.74, 6) is -1.21. The van der Waals surface area contributed by atoms with Gasteiger partial charge in [-0.1, -0.05) is 63.1 Å². The van der Waals surface area contributed by atoms with Crippen molar-refractivity contribution in [2.75, 3.05) is 25.0 Å². The molecule has 1 aliphatic heterocycles. The second-order valence-corrected chi connectivity index (χ2v) is 13.7. The molecule has 0 bridgehead atoms. The zero-order valence-electron chi connectivity index (χ0n) is 30.3. The number of aromatic nitrogens is 3. The van der Waals surface area contributed by atoms with Crippen molar-refractivity contribution in [3.8, 4) is 5.69 Å². The number of para-hydroxylation sites is 1. The number of fused-ring (bicyclic) bond motifs is 2. The lowest BCUT2D eigenvalue weighted by Gasteiger charge is -2.36. The van der Waals surface area contributed by atoms with Gasteiger partial charge in [-0.25, -0.2) is 9.07 Å². The Labute approximate surface area is 303 Å². The van der Waals surface area contributed by atoms with Crippen LogP contribution in [0.4, 0.5) is 10.1 Å². The Morgan fingerprint density at radius 3 is 2.42 bits per heavy atom. The molecule has 272 valence electrons. The third-order valence-corrected chi connectivity index (χ3v) is 9.96.